The largest absolute Gasteiger partial charge is 0.496 e. The third-order valence-corrected chi connectivity index (χ3v) is 8.53. The number of methoxy groups -OCH3 is 1. The van der Waals surface area contributed by atoms with Crippen LogP contribution in [0, 0.1) is 32.8 Å². The summed E-state index contributed by atoms with van der Waals surface area (Å²) in [6, 6.07) is 22.9. The Labute approximate surface area is 218 Å². The zero-order valence-corrected chi connectivity index (χ0v) is 21.0. The highest BCUT2D eigenvalue weighted by atomic mass is 16.6. The number of ketones is 1. The third kappa shape index (κ3) is 2.77. The first-order valence-corrected chi connectivity index (χ1v) is 12.3. The molecule has 2 amide bonds. The Morgan fingerprint density at radius 1 is 0.789 bits per heavy atom. The molecule has 0 spiro atoms. The van der Waals surface area contributed by atoms with E-state index in [-0.39, 0.29) is 17.2 Å². The molecule has 1 aliphatic heterocycles. The predicted molar refractivity (Wildman–Crippen MR) is 140 cm³/mol. The molecule has 1 saturated heterocycles. The lowest BCUT2D eigenvalue weighted by Gasteiger charge is -2.35. The number of fused-ring (bicyclic) bond motifs is 5. The normalized spacial score (nSPS) is 27.8. The predicted octanol–water partition coefficient (Wildman–Crippen LogP) is 4.93. The fraction of sp³-hybridized carbons (Fsp3) is 0.233. The van der Waals surface area contributed by atoms with Gasteiger partial charge in [-0.05, 0) is 48.3 Å². The number of imide groups is 1. The summed E-state index contributed by atoms with van der Waals surface area (Å²) in [5.74, 6) is -3.13. The van der Waals surface area contributed by atoms with Gasteiger partial charge in [0.25, 0.3) is 5.69 Å². The lowest BCUT2D eigenvalue weighted by Crippen LogP contribution is -2.40. The van der Waals surface area contributed by atoms with Crippen LogP contribution in [0.1, 0.15) is 25.0 Å². The quantitative estimate of drug-likeness (QED) is 0.275. The van der Waals surface area contributed by atoms with E-state index in [1.807, 2.05) is 60.7 Å². The lowest BCUT2D eigenvalue weighted by atomic mass is 9.63. The van der Waals surface area contributed by atoms with E-state index in [2.05, 4.69) is 0 Å². The molecular weight excluding hydrogens is 484 g/mol. The summed E-state index contributed by atoms with van der Waals surface area (Å²) < 4.78 is 5.12. The van der Waals surface area contributed by atoms with Crippen LogP contribution in [0.4, 0.5) is 11.4 Å². The average molecular weight is 509 g/mol. The van der Waals surface area contributed by atoms with E-state index in [9.17, 15) is 24.5 Å². The molecule has 3 aromatic carbocycles. The number of carbonyl (C=O) groups is 3. The highest BCUT2D eigenvalue weighted by Gasteiger charge is 2.79. The van der Waals surface area contributed by atoms with E-state index in [0.29, 0.717) is 0 Å². The minimum atomic E-state index is -1.30. The smallest absolute Gasteiger partial charge is 0.297 e. The number of Topliss-reactive ketones (excluding diaryl/α,β-unsaturated/α-hetero) is 1. The topological polar surface area (TPSA) is 107 Å². The average Bonchev–Trinajstić information content (AvgIpc) is 3.38. The van der Waals surface area contributed by atoms with Crippen molar-refractivity contribution in [2.45, 2.75) is 13.8 Å². The van der Waals surface area contributed by atoms with Crippen molar-refractivity contribution in [1.82, 2.24) is 0 Å². The highest BCUT2D eigenvalue weighted by Crippen LogP contribution is 2.73. The zero-order valence-electron chi connectivity index (χ0n) is 21.0. The number of nitro benzene ring substituents is 1. The zero-order chi connectivity index (χ0) is 27.0. The van der Waals surface area contributed by atoms with Crippen LogP contribution in [0.3, 0.4) is 0 Å². The molecule has 0 aromatic heterocycles. The maximum Gasteiger partial charge on any atom is 0.297 e. The maximum absolute atomic E-state index is 14.3. The van der Waals surface area contributed by atoms with Crippen LogP contribution >= 0.6 is 0 Å². The van der Waals surface area contributed by atoms with Crippen molar-refractivity contribution in [3.05, 3.63) is 100 Å². The van der Waals surface area contributed by atoms with Crippen LogP contribution in [0.5, 0.6) is 5.75 Å². The van der Waals surface area contributed by atoms with Gasteiger partial charge in [0, 0.05) is 0 Å². The van der Waals surface area contributed by atoms with Gasteiger partial charge in [0.1, 0.15) is 11.4 Å². The standard InChI is InChI=1S/C30H24N2O6/c1-29-22(17-10-6-4-7-11-17)23(18-12-8-5-9-13-18)30(2,28(29)35)25-24(29)26(33)31(27(25)34)20-15-14-19(38-3)16-21(20)32(36)37/h4-16,24-25H,1-3H3/t24-,25-,29-,30-/m0/s1. The van der Waals surface area contributed by atoms with E-state index in [1.54, 1.807) is 13.8 Å². The number of carbonyl (C=O) groups excluding carboxylic acids is 3. The summed E-state index contributed by atoms with van der Waals surface area (Å²) in [4.78, 5) is 54.7. The fourth-order valence-corrected chi connectivity index (χ4v) is 7.01. The summed E-state index contributed by atoms with van der Waals surface area (Å²) in [6.07, 6.45) is 0. The molecule has 1 heterocycles. The molecule has 8 heteroatoms. The first-order valence-electron chi connectivity index (χ1n) is 12.3. The Morgan fingerprint density at radius 2 is 1.26 bits per heavy atom. The van der Waals surface area contributed by atoms with E-state index in [1.165, 1.54) is 25.3 Å². The Morgan fingerprint density at radius 3 is 1.68 bits per heavy atom. The molecule has 4 atom stereocenters. The van der Waals surface area contributed by atoms with E-state index < -0.39 is 45.1 Å². The molecule has 0 N–H and O–H groups in total. The Hall–Kier alpha value is -4.59. The number of hydrogen-bond acceptors (Lipinski definition) is 6. The van der Waals surface area contributed by atoms with Gasteiger partial charge in [-0.25, -0.2) is 4.90 Å². The monoisotopic (exact) mass is 508 g/mol. The fourth-order valence-electron chi connectivity index (χ4n) is 7.01. The van der Waals surface area contributed by atoms with Gasteiger partial charge in [-0.2, -0.15) is 0 Å². The van der Waals surface area contributed by atoms with E-state index in [0.717, 1.165) is 27.2 Å². The number of nitrogens with zero attached hydrogens (tertiary/aromatic N) is 2. The molecule has 0 radical (unpaired) electrons. The van der Waals surface area contributed by atoms with Gasteiger partial charge >= 0.3 is 0 Å². The Kier molecular flexibility index (Phi) is 4.98. The molecule has 2 fully saturated rings. The Bertz CT molecular complexity index is 1500. The number of rotatable bonds is 5. The molecule has 38 heavy (non-hydrogen) atoms. The van der Waals surface area contributed by atoms with Crippen molar-refractivity contribution in [3.63, 3.8) is 0 Å². The van der Waals surface area contributed by atoms with Gasteiger partial charge in [-0.15, -0.1) is 0 Å². The van der Waals surface area contributed by atoms with Crippen molar-refractivity contribution >= 4 is 40.1 Å². The number of amides is 2. The van der Waals surface area contributed by atoms with E-state index >= 15 is 0 Å². The number of allylic oxidation sites excluding steroid dienone is 2. The van der Waals surface area contributed by atoms with Crippen LogP contribution in [-0.2, 0) is 14.4 Å². The number of ether oxygens (including phenoxy) is 1. The van der Waals surface area contributed by atoms with Gasteiger partial charge in [0.05, 0.1) is 40.8 Å². The number of hydrogen-bond donors (Lipinski definition) is 0. The summed E-state index contributed by atoms with van der Waals surface area (Å²) >= 11 is 0. The lowest BCUT2D eigenvalue weighted by molar-refractivity contribution is -0.384. The van der Waals surface area contributed by atoms with Gasteiger partial charge < -0.3 is 4.74 Å². The molecule has 2 aliphatic carbocycles. The van der Waals surface area contributed by atoms with Gasteiger partial charge in [0.2, 0.25) is 11.8 Å². The van der Waals surface area contributed by atoms with Crippen LogP contribution in [0.25, 0.3) is 11.1 Å². The van der Waals surface area contributed by atoms with Crippen molar-refractivity contribution in [2.24, 2.45) is 22.7 Å². The Balaban J connectivity index is 1.60. The first-order chi connectivity index (χ1) is 18.2. The number of nitro groups is 1. The van der Waals surface area contributed by atoms with Crippen molar-refractivity contribution in [3.8, 4) is 5.75 Å². The molecule has 190 valence electrons. The molecule has 3 aromatic rings. The highest BCUT2D eigenvalue weighted by molar-refractivity contribution is 6.34. The van der Waals surface area contributed by atoms with Crippen LogP contribution in [0.2, 0.25) is 0 Å². The molecule has 3 aliphatic rings. The minimum Gasteiger partial charge on any atom is -0.496 e. The van der Waals surface area contributed by atoms with Crippen LogP contribution in [-0.4, -0.2) is 29.6 Å². The maximum atomic E-state index is 14.3. The molecular formula is C30H24N2O6. The summed E-state index contributed by atoms with van der Waals surface area (Å²) in [7, 11) is 1.38. The summed E-state index contributed by atoms with van der Waals surface area (Å²) in [5, 5.41) is 11.9. The van der Waals surface area contributed by atoms with Crippen molar-refractivity contribution in [2.75, 3.05) is 12.0 Å². The van der Waals surface area contributed by atoms with Gasteiger partial charge in [0.15, 0.2) is 5.78 Å². The third-order valence-electron chi connectivity index (χ3n) is 8.53. The van der Waals surface area contributed by atoms with Gasteiger partial charge in [-0.1, -0.05) is 60.7 Å². The second-order valence-electron chi connectivity index (χ2n) is 10.3. The number of anilines is 1. The molecule has 2 bridgehead atoms. The minimum absolute atomic E-state index is 0.123. The summed E-state index contributed by atoms with van der Waals surface area (Å²) in [6.45, 7) is 3.49. The second kappa shape index (κ2) is 7.95. The molecule has 1 saturated carbocycles. The van der Waals surface area contributed by atoms with Crippen molar-refractivity contribution < 1.29 is 24.0 Å². The SMILES string of the molecule is COc1ccc(N2C(=O)[C@@H]3[C@@H](C2=O)[C@@]2(C)C(=O)[C@@]3(C)C(c3ccccc3)=C2c2ccccc2)c([N+](=O)[O-])c1. The van der Waals surface area contributed by atoms with Crippen LogP contribution in [0.15, 0.2) is 78.9 Å². The second-order valence-corrected chi connectivity index (χ2v) is 10.3. The van der Waals surface area contributed by atoms with Crippen molar-refractivity contribution in [1.29, 1.82) is 0 Å². The summed E-state index contributed by atoms with van der Waals surface area (Å²) in [5.41, 5.74) is -0.0718. The molecule has 8 nitrogen and oxygen atoms in total. The van der Waals surface area contributed by atoms with Crippen LogP contribution < -0.4 is 9.64 Å². The molecule has 0 unspecified atom stereocenters. The number of benzene rings is 3. The molecule has 6 rings (SSSR count). The first kappa shape index (κ1) is 23.8. The van der Waals surface area contributed by atoms with Gasteiger partial charge in [-0.3, -0.25) is 24.5 Å². The van der Waals surface area contributed by atoms with E-state index in [4.69, 9.17) is 4.74 Å².